The van der Waals surface area contributed by atoms with Crippen LogP contribution in [0.3, 0.4) is 0 Å². The molecule has 3 aromatic rings. The zero-order chi connectivity index (χ0) is 18.4. The molecule has 1 aliphatic rings. The highest BCUT2D eigenvalue weighted by molar-refractivity contribution is 6.30. The predicted molar refractivity (Wildman–Crippen MR) is 98.9 cm³/mol. The summed E-state index contributed by atoms with van der Waals surface area (Å²) >= 11 is 6.50. The van der Waals surface area contributed by atoms with Gasteiger partial charge in [0.2, 0.25) is 5.88 Å². The number of ether oxygens (including phenoxy) is 1. The maximum absolute atomic E-state index is 9.74. The van der Waals surface area contributed by atoms with Gasteiger partial charge >= 0.3 is 0 Å². The minimum Gasteiger partial charge on any atom is -0.508 e. The van der Waals surface area contributed by atoms with Crippen LogP contribution in [0.5, 0.6) is 11.5 Å². The van der Waals surface area contributed by atoms with Crippen molar-refractivity contribution < 1.29 is 9.84 Å². The van der Waals surface area contributed by atoms with Gasteiger partial charge in [-0.2, -0.15) is 5.26 Å². The molecule has 1 aliphatic heterocycles. The lowest BCUT2D eigenvalue weighted by Crippen LogP contribution is -2.21. The first-order valence-corrected chi connectivity index (χ1v) is 8.33. The highest BCUT2D eigenvalue weighted by atomic mass is 35.5. The van der Waals surface area contributed by atoms with Crippen molar-refractivity contribution in [1.82, 2.24) is 4.98 Å². The number of aromatic nitrogens is 1. The van der Waals surface area contributed by atoms with Gasteiger partial charge in [-0.15, -0.1) is 0 Å². The molecule has 0 radical (unpaired) electrons. The fourth-order valence-corrected chi connectivity index (χ4v) is 3.56. The topological polar surface area (TPSA) is 92.2 Å². The van der Waals surface area contributed by atoms with E-state index in [0.717, 1.165) is 16.5 Å². The Morgan fingerprint density at radius 2 is 2.04 bits per heavy atom. The van der Waals surface area contributed by atoms with Crippen molar-refractivity contribution >= 4 is 22.5 Å². The molecule has 0 bridgehead atoms. The molecule has 26 heavy (non-hydrogen) atoms. The van der Waals surface area contributed by atoms with Crippen molar-refractivity contribution in [3.8, 4) is 17.6 Å². The molecule has 0 saturated carbocycles. The number of fused-ring (bicyclic) bond motifs is 2. The lowest BCUT2D eigenvalue weighted by atomic mass is 9.83. The van der Waals surface area contributed by atoms with E-state index in [-0.39, 0.29) is 17.2 Å². The van der Waals surface area contributed by atoms with E-state index in [2.05, 4.69) is 11.1 Å². The number of halogens is 1. The van der Waals surface area contributed by atoms with Crippen molar-refractivity contribution in [3.63, 3.8) is 0 Å². The average Bonchev–Trinajstić information content (AvgIpc) is 2.61. The number of phenols is 1. The highest BCUT2D eigenvalue weighted by Gasteiger charge is 2.32. The Hall–Kier alpha value is -3.23. The van der Waals surface area contributed by atoms with E-state index in [9.17, 15) is 10.4 Å². The molecule has 3 N–H and O–H groups in total. The van der Waals surface area contributed by atoms with E-state index in [4.69, 9.17) is 22.1 Å². The summed E-state index contributed by atoms with van der Waals surface area (Å²) in [4.78, 5) is 4.54. The normalized spacial score (nSPS) is 16.1. The van der Waals surface area contributed by atoms with Gasteiger partial charge in [0.05, 0.1) is 11.4 Å². The molecule has 128 valence electrons. The maximum Gasteiger partial charge on any atom is 0.205 e. The number of rotatable bonds is 1. The third kappa shape index (κ3) is 2.43. The van der Waals surface area contributed by atoms with Crippen molar-refractivity contribution in [2.24, 2.45) is 5.73 Å². The van der Waals surface area contributed by atoms with Gasteiger partial charge in [-0.3, -0.25) is 0 Å². The van der Waals surface area contributed by atoms with E-state index < -0.39 is 5.92 Å². The number of nitrogens with two attached hydrogens (primary N) is 1. The van der Waals surface area contributed by atoms with Crippen molar-refractivity contribution in [2.45, 2.75) is 12.8 Å². The molecule has 6 heteroatoms. The van der Waals surface area contributed by atoms with Gasteiger partial charge in [-0.25, -0.2) is 4.98 Å². The molecule has 0 saturated heterocycles. The first-order valence-electron chi connectivity index (χ1n) is 7.96. The molecule has 4 rings (SSSR count). The molecule has 0 spiro atoms. The number of hydrogen-bond acceptors (Lipinski definition) is 5. The lowest BCUT2D eigenvalue weighted by molar-refractivity contribution is 0.388. The summed E-state index contributed by atoms with van der Waals surface area (Å²) in [6, 6.07) is 14.6. The van der Waals surface area contributed by atoms with Gasteiger partial charge < -0.3 is 15.6 Å². The second-order valence-corrected chi connectivity index (χ2v) is 6.52. The quantitative estimate of drug-likeness (QED) is 0.634. The van der Waals surface area contributed by atoms with Crippen LogP contribution >= 0.6 is 11.6 Å². The molecule has 1 atom stereocenters. The molecule has 1 aromatic heterocycles. The largest absolute Gasteiger partial charge is 0.508 e. The number of allylic oxidation sites excluding steroid dienone is 1. The molecule has 0 aliphatic carbocycles. The molecule has 0 fully saturated rings. The van der Waals surface area contributed by atoms with Gasteiger partial charge in [-0.05, 0) is 24.6 Å². The van der Waals surface area contributed by atoms with E-state index in [1.807, 2.05) is 31.2 Å². The Morgan fingerprint density at radius 3 is 2.81 bits per heavy atom. The number of benzene rings is 2. The first-order chi connectivity index (χ1) is 12.5. The van der Waals surface area contributed by atoms with Crippen LogP contribution in [-0.4, -0.2) is 10.1 Å². The Kier molecular flexibility index (Phi) is 3.71. The zero-order valence-corrected chi connectivity index (χ0v) is 14.6. The van der Waals surface area contributed by atoms with Crippen LogP contribution in [0.2, 0.25) is 5.15 Å². The Balaban J connectivity index is 2.01. The Bertz CT molecular complexity index is 1130. The summed E-state index contributed by atoms with van der Waals surface area (Å²) in [5, 5.41) is 20.6. The minimum absolute atomic E-state index is 0.00370. The average molecular weight is 364 g/mol. The van der Waals surface area contributed by atoms with Crippen LogP contribution in [0.15, 0.2) is 53.9 Å². The number of para-hydroxylation sites is 1. The second kappa shape index (κ2) is 5.94. The van der Waals surface area contributed by atoms with E-state index >= 15 is 0 Å². The van der Waals surface area contributed by atoms with Crippen LogP contribution in [-0.2, 0) is 0 Å². The standard InChI is InChI=1S/C20H14ClN3O2/c1-10-3-2-4-11-7-14(19(21)24-18(10)11)17-13-6-5-12(25)8-16(13)26-20(23)15(17)9-22/h2-8,17,25H,23H2,1H3. The van der Waals surface area contributed by atoms with Crippen LogP contribution in [0.4, 0.5) is 0 Å². The van der Waals surface area contributed by atoms with E-state index in [1.54, 1.807) is 6.07 Å². The number of aryl methyl sites for hydroxylation is 1. The maximum atomic E-state index is 9.74. The monoisotopic (exact) mass is 363 g/mol. The van der Waals surface area contributed by atoms with Crippen molar-refractivity contribution in [2.75, 3.05) is 0 Å². The molecule has 0 amide bonds. The number of phenolic OH excluding ortho intramolecular Hbond substituents is 1. The summed E-state index contributed by atoms with van der Waals surface area (Å²) < 4.78 is 5.53. The second-order valence-electron chi connectivity index (χ2n) is 6.16. The fourth-order valence-electron chi connectivity index (χ4n) is 3.31. The van der Waals surface area contributed by atoms with Gasteiger partial charge in [-0.1, -0.05) is 35.9 Å². The Morgan fingerprint density at radius 1 is 1.23 bits per heavy atom. The van der Waals surface area contributed by atoms with Gasteiger partial charge in [0.25, 0.3) is 0 Å². The fraction of sp³-hybridized carbons (Fsp3) is 0.100. The number of pyridine rings is 1. The van der Waals surface area contributed by atoms with Gasteiger partial charge in [0.15, 0.2) is 0 Å². The van der Waals surface area contributed by atoms with Gasteiger partial charge in [0, 0.05) is 22.6 Å². The molecule has 1 unspecified atom stereocenters. The zero-order valence-electron chi connectivity index (χ0n) is 13.8. The van der Waals surface area contributed by atoms with Crippen LogP contribution in [0.25, 0.3) is 10.9 Å². The molecule has 2 aromatic carbocycles. The minimum atomic E-state index is -0.519. The Labute approximate surface area is 154 Å². The number of nitrogens with zero attached hydrogens (tertiary/aromatic N) is 2. The summed E-state index contributed by atoms with van der Waals surface area (Å²) in [5.41, 5.74) is 9.42. The van der Waals surface area contributed by atoms with Crippen molar-refractivity contribution in [1.29, 1.82) is 5.26 Å². The van der Waals surface area contributed by atoms with E-state index in [1.165, 1.54) is 12.1 Å². The number of hydrogen-bond donors (Lipinski definition) is 2. The van der Waals surface area contributed by atoms with Crippen LogP contribution < -0.4 is 10.5 Å². The lowest BCUT2D eigenvalue weighted by Gasteiger charge is -2.27. The van der Waals surface area contributed by atoms with Crippen LogP contribution in [0.1, 0.15) is 22.6 Å². The van der Waals surface area contributed by atoms with Crippen molar-refractivity contribution in [3.05, 3.63) is 75.8 Å². The summed E-state index contributed by atoms with van der Waals surface area (Å²) in [6.45, 7) is 1.97. The molecular weight excluding hydrogens is 350 g/mol. The SMILES string of the molecule is Cc1cccc2cc(C3C(C#N)=C(N)Oc4cc(O)ccc43)c(Cl)nc12. The number of nitriles is 1. The summed E-state index contributed by atoms with van der Waals surface area (Å²) in [6.07, 6.45) is 0. The van der Waals surface area contributed by atoms with E-state index in [0.29, 0.717) is 22.0 Å². The summed E-state index contributed by atoms with van der Waals surface area (Å²) in [7, 11) is 0. The van der Waals surface area contributed by atoms with Crippen LogP contribution in [0, 0.1) is 18.3 Å². The predicted octanol–water partition coefficient (Wildman–Crippen LogP) is 4.12. The molecular formula is C20H14ClN3O2. The third-order valence-corrected chi connectivity index (χ3v) is 4.84. The van der Waals surface area contributed by atoms with Gasteiger partial charge in [0.1, 0.15) is 28.3 Å². The smallest absolute Gasteiger partial charge is 0.205 e. The third-order valence-electron chi connectivity index (χ3n) is 4.54. The highest BCUT2D eigenvalue weighted by Crippen LogP contribution is 2.45. The molecule has 5 nitrogen and oxygen atoms in total. The summed E-state index contributed by atoms with van der Waals surface area (Å²) in [5.74, 6) is -0.0776. The number of aromatic hydroxyl groups is 1. The molecule has 2 heterocycles. The first kappa shape index (κ1) is 16.2.